The first kappa shape index (κ1) is 24.5. The number of hydrogen-bond acceptors (Lipinski definition) is 2. The molecule has 0 aromatic rings. The molecular weight excluding hydrogens is 392 g/mol. The van der Waals surface area contributed by atoms with Crippen molar-refractivity contribution in [3.8, 4) is 0 Å². The Morgan fingerprint density at radius 3 is 2.31 bits per heavy atom. The van der Waals surface area contributed by atoms with Gasteiger partial charge in [-0.2, -0.15) is 0 Å². The van der Waals surface area contributed by atoms with Crippen LogP contribution in [-0.4, -0.2) is 21.9 Å². The summed E-state index contributed by atoms with van der Waals surface area (Å²) >= 11 is 0. The molecule has 182 valence electrons. The highest BCUT2D eigenvalue weighted by Crippen LogP contribution is 2.72. The molecule has 4 aliphatic carbocycles. The van der Waals surface area contributed by atoms with Gasteiger partial charge in [-0.1, -0.05) is 64.8 Å². The maximum absolute atomic E-state index is 10.8. The van der Waals surface area contributed by atoms with E-state index >= 15 is 0 Å². The van der Waals surface area contributed by atoms with E-state index in [4.69, 9.17) is 0 Å². The van der Waals surface area contributed by atoms with Gasteiger partial charge >= 0.3 is 0 Å². The summed E-state index contributed by atoms with van der Waals surface area (Å²) in [6.45, 7) is 18.6. The van der Waals surface area contributed by atoms with Gasteiger partial charge < -0.3 is 10.2 Å². The zero-order chi connectivity index (χ0) is 23.7. The monoisotopic (exact) mass is 442 g/mol. The molecule has 0 saturated heterocycles. The molecule has 0 aromatic carbocycles. The van der Waals surface area contributed by atoms with Crippen LogP contribution in [0, 0.1) is 39.4 Å². The molecule has 4 rings (SSSR count). The first-order valence-corrected chi connectivity index (χ1v) is 13.5. The summed E-state index contributed by atoms with van der Waals surface area (Å²) in [5, 5.41) is 20.9. The fourth-order valence-corrected chi connectivity index (χ4v) is 9.36. The summed E-state index contributed by atoms with van der Waals surface area (Å²) in [4.78, 5) is 0. The van der Waals surface area contributed by atoms with Gasteiger partial charge in [0.25, 0.3) is 0 Å². The lowest BCUT2D eigenvalue weighted by Crippen LogP contribution is -2.55. The molecule has 0 heterocycles. The summed E-state index contributed by atoms with van der Waals surface area (Å²) in [7, 11) is 0. The van der Waals surface area contributed by atoms with Crippen LogP contribution in [0.4, 0.5) is 0 Å². The van der Waals surface area contributed by atoms with Crippen molar-refractivity contribution in [2.24, 2.45) is 39.4 Å². The van der Waals surface area contributed by atoms with Gasteiger partial charge in [-0.3, -0.25) is 0 Å². The standard InChI is InChI=1S/C30H50O2/c1-20(10-9-16-26(2,3)32)21-13-18-30(8)23-11-12-24-27(4,5)25(31)15-17-28(24,6)22(23)14-19-29(21,30)7/h9,16,20-21,24-25,31-32H,10-15,17-19H2,1-8H3/t20-,21+,24?,25+,28-,29+,30-/m1/s1. The quantitative estimate of drug-likeness (QED) is 0.444. The molecule has 0 radical (unpaired) electrons. The third kappa shape index (κ3) is 3.49. The molecule has 4 aliphatic rings. The number of aliphatic hydroxyl groups is 2. The van der Waals surface area contributed by atoms with Gasteiger partial charge in [0.15, 0.2) is 0 Å². The molecule has 2 fully saturated rings. The second kappa shape index (κ2) is 7.70. The van der Waals surface area contributed by atoms with E-state index in [-0.39, 0.29) is 16.9 Å². The zero-order valence-electron chi connectivity index (χ0n) is 22.2. The Labute approximate surface area is 198 Å². The molecule has 7 atom stereocenters. The van der Waals surface area contributed by atoms with Crippen LogP contribution < -0.4 is 0 Å². The van der Waals surface area contributed by atoms with E-state index in [9.17, 15) is 10.2 Å². The SMILES string of the molecule is C[C@H](CC=CC(C)(C)O)[C@@H]1CC[C@]2(C)C3=C(CC[C@@]12C)[C@@]1(C)CC[C@H](O)C(C)(C)C1CC3. The lowest BCUT2D eigenvalue weighted by molar-refractivity contribution is -0.0961. The summed E-state index contributed by atoms with van der Waals surface area (Å²) in [5.41, 5.74) is 3.93. The number of allylic oxidation sites excluding steroid dienone is 3. The van der Waals surface area contributed by atoms with Gasteiger partial charge in [0.2, 0.25) is 0 Å². The topological polar surface area (TPSA) is 40.5 Å². The van der Waals surface area contributed by atoms with Crippen LogP contribution in [-0.2, 0) is 0 Å². The predicted octanol–water partition coefficient (Wildman–Crippen LogP) is 7.45. The van der Waals surface area contributed by atoms with E-state index < -0.39 is 5.60 Å². The molecule has 0 amide bonds. The third-order valence-electron chi connectivity index (χ3n) is 11.5. The van der Waals surface area contributed by atoms with Gasteiger partial charge in [-0.05, 0) is 111 Å². The molecule has 32 heavy (non-hydrogen) atoms. The average molecular weight is 443 g/mol. The van der Waals surface area contributed by atoms with Gasteiger partial charge in [0.05, 0.1) is 11.7 Å². The van der Waals surface area contributed by atoms with Gasteiger partial charge in [0, 0.05) is 0 Å². The fourth-order valence-electron chi connectivity index (χ4n) is 9.36. The molecule has 2 N–H and O–H groups in total. The van der Waals surface area contributed by atoms with Crippen molar-refractivity contribution in [1.82, 2.24) is 0 Å². The second-order valence-corrected chi connectivity index (χ2v) is 14.0. The van der Waals surface area contributed by atoms with Crippen LogP contribution in [0.1, 0.15) is 113 Å². The van der Waals surface area contributed by atoms with Crippen molar-refractivity contribution in [2.75, 3.05) is 0 Å². The fraction of sp³-hybridized carbons (Fsp3) is 0.867. The van der Waals surface area contributed by atoms with Crippen LogP contribution in [0.25, 0.3) is 0 Å². The van der Waals surface area contributed by atoms with E-state index in [1.54, 1.807) is 0 Å². The molecular formula is C30H50O2. The number of rotatable bonds is 4. The van der Waals surface area contributed by atoms with Crippen molar-refractivity contribution in [3.63, 3.8) is 0 Å². The van der Waals surface area contributed by atoms with Crippen molar-refractivity contribution in [3.05, 3.63) is 23.3 Å². The Morgan fingerprint density at radius 2 is 1.66 bits per heavy atom. The molecule has 2 nitrogen and oxygen atoms in total. The minimum Gasteiger partial charge on any atom is -0.393 e. The molecule has 0 aromatic heterocycles. The maximum atomic E-state index is 10.8. The summed E-state index contributed by atoms with van der Waals surface area (Å²) < 4.78 is 0. The molecule has 2 heteroatoms. The third-order valence-corrected chi connectivity index (χ3v) is 11.5. The smallest absolute Gasteiger partial charge is 0.0771 e. The Balaban J connectivity index is 1.64. The van der Waals surface area contributed by atoms with Crippen molar-refractivity contribution in [1.29, 1.82) is 0 Å². The van der Waals surface area contributed by atoms with E-state index in [1.165, 1.54) is 38.5 Å². The van der Waals surface area contributed by atoms with Gasteiger partial charge in [-0.15, -0.1) is 0 Å². The summed E-state index contributed by atoms with van der Waals surface area (Å²) in [6.07, 6.45) is 15.0. The highest BCUT2D eigenvalue weighted by Gasteiger charge is 2.63. The highest BCUT2D eigenvalue weighted by molar-refractivity contribution is 5.38. The Hall–Kier alpha value is -0.600. The summed E-state index contributed by atoms with van der Waals surface area (Å²) in [5.74, 6) is 2.01. The number of aliphatic hydroxyl groups excluding tert-OH is 1. The maximum Gasteiger partial charge on any atom is 0.0771 e. The van der Waals surface area contributed by atoms with Crippen LogP contribution >= 0.6 is 0 Å². The number of fused-ring (bicyclic) bond motifs is 4. The van der Waals surface area contributed by atoms with Crippen LogP contribution in [0.5, 0.6) is 0 Å². The lowest BCUT2D eigenvalue weighted by atomic mass is 9.43. The van der Waals surface area contributed by atoms with Crippen LogP contribution in [0.2, 0.25) is 0 Å². The van der Waals surface area contributed by atoms with Gasteiger partial charge in [0.1, 0.15) is 0 Å². The van der Waals surface area contributed by atoms with E-state index in [0.29, 0.717) is 22.7 Å². The minimum atomic E-state index is -0.714. The Morgan fingerprint density at radius 1 is 0.969 bits per heavy atom. The number of hydrogen-bond donors (Lipinski definition) is 2. The van der Waals surface area contributed by atoms with Crippen molar-refractivity contribution < 1.29 is 10.2 Å². The first-order valence-electron chi connectivity index (χ1n) is 13.5. The highest BCUT2D eigenvalue weighted by atomic mass is 16.3. The van der Waals surface area contributed by atoms with Crippen molar-refractivity contribution >= 4 is 0 Å². The summed E-state index contributed by atoms with van der Waals surface area (Å²) in [6, 6.07) is 0. The first-order chi connectivity index (χ1) is 14.7. The van der Waals surface area contributed by atoms with Gasteiger partial charge in [-0.25, -0.2) is 0 Å². The van der Waals surface area contributed by atoms with E-state index in [0.717, 1.165) is 25.2 Å². The Bertz CT molecular complexity index is 798. The van der Waals surface area contributed by atoms with Crippen LogP contribution in [0.15, 0.2) is 23.3 Å². The normalized spacial score (nSPS) is 44.9. The predicted molar refractivity (Wildman–Crippen MR) is 134 cm³/mol. The van der Waals surface area contributed by atoms with E-state index in [1.807, 2.05) is 31.1 Å². The molecule has 1 unspecified atom stereocenters. The van der Waals surface area contributed by atoms with Crippen LogP contribution in [0.3, 0.4) is 0 Å². The van der Waals surface area contributed by atoms with E-state index in [2.05, 4.69) is 47.6 Å². The molecule has 0 bridgehead atoms. The minimum absolute atomic E-state index is 0.0206. The van der Waals surface area contributed by atoms with Crippen molar-refractivity contribution in [2.45, 2.75) is 125 Å². The Kier molecular flexibility index (Phi) is 5.90. The zero-order valence-corrected chi connectivity index (χ0v) is 22.2. The largest absolute Gasteiger partial charge is 0.393 e. The second-order valence-electron chi connectivity index (χ2n) is 14.0. The molecule has 0 spiro atoms. The molecule has 2 saturated carbocycles. The lowest BCUT2D eigenvalue weighted by Gasteiger charge is -2.62. The molecule has 0 aliphatic heterocycles. The average Bonchev–Trinajstić information content (AvgIpc) is 2.96.